The van der Waals surface area contributed by atoms with Crippen molar-refractivity contribution < 1.29 is 4.42 Å². The Kier molecular flexibility index (Phi) is 3.90. The second kappa shape index (κ2) is 6.51. The molecule has 2 heteroatoms. The van der Waals surface area contributed by atoms with Gasteiger partial charge < -0.3 is 4.42 Å². The third-order valence-corrected chi connectivity index (χ3v) is 4.11. The second-order valence-electron chi connectivity index (χ2n) is 5.84. The van der Waals surface area contributed by atoms with Gasteiger partial charge in [-0.3, -0.25) is 0 Å². The largest absolute Gasteiger partial charge is 0.456 e. The maximum Gasteiger partial charge on any atom is 0.135 e. The molecule has 0 fully saturated rings. The van der Waals surface area contributed by atoms with Gasteiger partial charge in [-0.2, -0.15) is 5.26 Å². The van der Waals surface area contributed by atoms with E-state index in [0.29, 0.717) is 5.56 Å². The fraction of sp³-hybridized carbons (Fsp3) is 0. The third-order valence-electron chi connectivity index (χ3n) is 4.11. The first-order valence-electron chi connectivity index (χ1n) is 8.09. The van der Waals surface area contributed by atoms with Crippen molar-refractivity contribution >= 4 is 23.1 Å². The zero-order chi connectivity index (χ0) is 17.1. The lowest BCUT2D eigenvalue weighted by Crippen LogP contribution is -1.75. The van der Waals surface area contributed by atoms with Crippen LogP contribution in [-0.4, -0.2) is 0 Å². The summed E-state index contributed by atoms with van der Waals surface area (Å²) in [6.45, 7) is 0. The van der Waals surface area contributed by atoms with E-state index in [-0.39, 0.29) is 0 Å². The maximum absolute atomic E-state index is 8.84. The van der Waals surface area contributed by atoms with Crippen LogP contribution >= 0.6 is 0 Å². The van der Waals surface area contributed by atoms with Crippen LogP contribution in [0.25, 0.3) is 34.4 Å². The van der Waals surface area contributed by atoms with E-state index in [1.165, 1.54) is 0 Å². The number of rotatable bonds is 3. The van der Waals surface area contributed by atoms with E-state index in [2.05, 4.69) is 24.3 Å². The van der Waals surface area contributed by atoms with Crippen molar-refractivity contribution in [3.63, 3.8) is 0 Å². The maximum atomic E-state index is 8.84. The molecular formula is C23H15NO. The van der Waals surface area contributed by atoms with E-state index in [0.717, 1.165) is 33.4 Å². The monoisotopic (exact) mass is 321 g/mol. The molecule has 1 aromatic heterocycles. The summed E-state index contributed by atoms with van der Waals surface area (Å²) in [5, 5.41) is 9.93. The predicted octanol–water partition coefficient (Wildman–Crippen LogP) is 6.14. The molecule has 0 aliphatic heterocycles. The molecule has 1 heterocycles. The quantitative estimate of drug-likeness (QED) is 0.425. The SMILES string of the molecule is N#Cc1ccc(/C=C/c2ccc3cc(-c4ccccc4)oc3c2)cc1. The minimum absolute atomic E-state index is 0.669. The molecule has 0 amide bonds. The van der Waals surface area contributed by atoms with E-state index in [1.54, 1.807) is 0 Å². The summed E-state index contributed by atoms with van der Waals surface area (Å²) in [5.74, 6) is 0.879. The van der Waals surface area contributed by atoms with Crippen LogP contribution in [0.15, 0.2) is 83.3 Å². The Morgan fingerprint density at radius 2 is 1.48 bits per heavy atom. The predicted molar refractivity (Wildman–Crippen MR) is 102 cm³/mol. The van der Waals surface area contributed by atoms with Crippen LogP contribution in [0.3, 0.4) is 0 Å². The summed E-state index contributed by atoms with van der Waals surface area (Å²) in [7, 11) is 0. The van der Waals surface area contributed by atoms with Gasteiger partial charge in [0.1, 0.15) is 11.3 Å². The Hall–Kier alpha value is -3.57. The Morgan fingerprint density at radius 1 is 0.760 bits per heavy atom. The van der Waals surface area contributed by atoms with Gasteiger partial charge in [-0.25, -0.2) is 0 Å². The molecule has 118 valence electrons. The number of fused-ring (bicyclic) bond motifs is 1. The Balaban J connectivity index is 1.62. The van der Waals surface area contributed by atoms with Crippen molar-refractivity contribution in [1.29, 1.82) is 5.26 Å². The number of nitriles is 1. The van der Waals surface area contributed by atoms with Crippen molar-refractivity contribution in [2.75, 3.05) is 0 Å². The van der Waals surface area contributed by atoms with Gasteiger partial charge in [-0.15, -0.1) is 0 Å². The summed E-state index contributed by atoms with van der Waals surface area (Å²) in [6, 6.07) is 28.0. The van der Waals surface area contributed by atoms with Crippen LogP contribution in [0.2, 0.25) is 0 Å². The Morgan fingerprint density at radius 3 is 2.24 bits per heavy atom. The molecule has 0 atom stereocenters. The van der Waals surface area contributed by atoms with Crippen LogP contribution in [-0.2, 0) is 0 Å². The molecular weight excluding hydrogens is 306 g/mol. The fourth-order valence-electron chi connectivity index (χ4n) is 2.76. The molecule has 4 aromatic rings. The molecule has 0 saturated heterocycles. The molecule has 0 spiro atoms. The van der Waals surface area contributed by atoms with Crippen molar-refractivity contribution in [2.45, 2.75) is 0 Å². The molecule has 0 radical (unpaired) electrons. The Bertz CT molecular complexity index is 1080. The summed E-state index contributed by atoms with van der Waals surface area (Å²) < 4.78 is 6.01. The van der Waals surface area contributed by atoms with Crippen LogP contribution in [0.4, 0.5) is 0 Å². The van der Waals surface area contributed by atoms with E-state index < -0.39 is 0 Å². The molecule has 0 unspecified atom stereocenters. The van der Waals surface area contributed by atoms with Gasteiger partial charge in [0, 0.05) is 10.9 Å². The van der Waals surface area contributed by atoms with Crippen LogP contribution in [0.1, 0.15) is 16.7 Å². The molecule has 3 aromatic carbocycles. The lowest BCUT2D eigenvalue weighted by molar-refractivity contribution is 0.631. The van der Waals surface area contributed by atoms with E-state index in [1.807, 2.05) is 72.8 Å². The van der Waals surface area contributed by atoms with Gasteiger partial charge in [0.2, 0.25) is 0 Å². The molecule has 0 aliphatic rings. The smallest absolute Gasteiger partial charge is 0.135 e. The third kappa shape index (κ3) is 3.22. The minimum atomic E-state index is 0.669. The minimum Gasteiger partial charge on any atom is -0.456 e. The molecule has 4 rings (SSSR count). The van der Waals surface area contributed by atoms with Crippen molar-refractivity contribution in [3.05, 3.63) is 95.6 Å². The average Bonchev–Trinajstić information content (AvgIpc) is 3.11. The van der Waals surface area contributed by atoms with Crippen LogP contribution < -0.4 is 0 Å². The highest BCUT2D eigenvalue weighted by atomic mass is 16.3. The molecule has 0 aliphatic carbocycles. The normalized spacial score (nSPS) is 11.0. The average molecular weight is 321 g/mol. The summed E-state index contributed by atoms with van der Waals surface area (Å²) in [6.07, 6.45) is 4.08. The lowest BCUT2D eigenvalue weighted by Gasteiger charge is -1.96. The number of benzene rings is 3. The highest BCUT2D eigenvalue weighted by Gasteiger charge is 2.05. The summed E-state index contributed by atoms with van der Waals surface area (Å²) >= 11 is 0. The Labute approximate surface area is 146 Å². The van der Waals surface area contributed by atoms with Crippen molar-refractivity contribution in [1.82, 2.24) is 0 Å². The van der Waals surface area contributed by atoms with Crippen LogP contribution in [0, 0.1) is 11.3 Å². The fourth-order valence-corrected chi connectivity index (χ4v) is 2.76. The molecule has 0 N–H and O–H groups in total. The van der Waals surface area contributed by atoms with Crippen molar-refractivity contribution in [2.24, 2.45) is 0 Å². The van der Waals surface area contributed by atoms with Gasteiger partial charge in [0.05, 0.1) is 11.6 Å². The van der Waals surface area contributed by atoms with Gasteiger partial charge in [-0.05, 0) is 35.4 Å². The molecule has 25 heavy (non-hydrogen) atoms. The van der Waals surface area contributed by atoms with E-state index in [9.17, 15) is 0 Å². The number of nitrogens with zero attached hydrogens (tertiary/aromatic N) is 1. The van der Waals surface area contributed by atoms with E-state index in [4.69, 9.17) is 9.68 Å². The van der Waals surface area contributed by atoms with E-state index >= 15 is 0 Å². The zero-order valence-electron chi connectivity index (χ0n) is 13.5. The zero-order valence-corrected chi connectivity index (χ0v) is 13.5. The second-order valence-corrected chi connectivity index (χ2v) is 5.84. The number of hydrogen-bond acceptors (Lipinski definition) is 2. The topological polar surface area (TPSA) is 36.9 Å². The highest BCUT2D eigenvalue weighted by Crippen LogP contribution is 2.28. The van der Waals surface area contributed by atoms with Crippen molar-refractivity contribution in [3.8, 4) is 17.4 Å². The summed E-state index contributed by atoms with van der Waals surface area (Å²) in [5.41, 5.74) is 4.76. The molecule has 0 saturated carbocycles. The number of hydrogen-bond donors (Lipinski definition) is 0. The number of furan rings is 1. The van der Waals surface area contributed by atoms with Gasteiger partial charge in [-0.1, -0.05) is 66.7 Å². The first kappa shape index (κ1) is 15.0. The van der Waals surface area contributed by atoms with Crippen LogP contribution in [0.5, 0.6) is 0 Å². The van der Waals surface area contributed by atoms with Gasteiger partial charge in [0.25, 0.3) is 0 Å². The van der Waals surface area contributed by atoms with Gasteiger partial charge >= 0.3 is 0 Å². The standard InChI is InChI=1S/C23H15NO/c24-16-19-10-7-17(8-11-19)6-9-18-12-13-21-15-23(25-22(21)14-18)20-4-2-1-3-5-20/h1-15H/b9-6+. The lowest BCUT2D eigenvalue weighted by atomic mass is 10.1. The molecule has 0 bridgehead atoms. The molecule has 2 nitrogen and oxygen atoms in total. The first-order valence-corrected chi connectivity index (χ1v) is 8.09. The first-order chi connectivity index (χ1) is 12.3. The highest BCUT2D eigenvalue weighted by molar-refractivity contribution is 5.85. The van der Waals surface area contributed by atoms with Gasteiger partial charge in [0.15, 0.2) is 0 Å². The summed E-state index contributed by atoms with van der Waals surface area (Å²) in [4.78, 5) is 0.